The number of nitrogens with one attached hydrogen (secondary N) is 1. The van der Waals surface area contributed by atoms with E-state index in [1.807, 2.05) is 42.5 Å². The Morgan fingerprint density at radius 2 is 1.65 bits per heavy atom. The van der Waals surface area contributed by atoms with E-state index in [1.165, 1.54) is 6.07 Å². The lowest BCUT2D eigenvalue weighted by atomic mass is 9.98. The number of nitriles is 1. The fraction of sp³-hybridized carbons (Fsp3) is 0.200. The number of rotatable bonds is 6. The monoisotopic (exact) mass is 414 g/mol. The number of nitrogens with zero attached hydrogens (tertiary/aromatic N) is 1. The van der Waals surface area contributed by atoms with Gasteiger partial charge in [0.05, 0.1) is 11.6 Å². The minimum Gasteiger partial charge on any atom is -0.449 e. The van der Waals surface area contributed by atoms with Crippen LogP contribution < -0.4 is 5.32 Å². The second-order valence-corrected chi connectivity index (χ2v) is 7.46. The van der Waals surface area contributed by atoms with Crippen molar-refractivity contribution in [1.82, 2.24) is 5.32 Å². The highest BCUT2D eigenvalue weighted by Gasteiger charge is 2.29. The molecule has 6 heteroatoms. The molecule has 0 spiro atoms. The van der Waals surface area contributed by atoms with E-state index in [0.717, 1.165) is 22.3 Å². The molecule has 0 radical (unpaired) electrons. The molecule has 0 fully saturated rings. The molecular weight excluding hydrogens is 392 g/mol. The second-order valence-electron chi connectivity index (χ2n) is 7.46. The molecule has 6 nitrogen and oxygen atoms in total. The fourth-order valence-corrected chi connectivity index (χ4v) is 3.96. The molecule has 0 bridgehead atoms. The summed E-state index contributed by atoms with van der Waals surface area (Å²) in [6.07, 6.45) is -3.14. The van der Waals surface area contributed by atoms with E-state index in [4.69, 9.17) is 10.00 Å². The lowest BCUT2D eigenvalue weighted by Crippen LogP contribution is -2.36. The maximum Gasteiger partial charge on any atom is 0.407 e. The number of alkyl carbamates (subject to hydrolysis) is 1. The highest BCUT2D eigenvalue weighted by atomic mass is 16.5. The van der Waals surface area contributed by atoms with Crippen molar-refractivity contribution in [3.05, 3.63) is 95.1 Å². The molecule has 0 aliphatic heterocycles. The fourth-order valence-electron chi connectivity index (χ4n) is 3.96. The quantitative estimate of drug-likeness (QED) is 0.573. The van der Waals surface area contributed by atoms with Crippen molar-refractivity contribution >= 4 is 6.09 Å². The van der Waals surface area contributed by atoms with Gasteiger partial charge in [-0.2, -0.15) is 5.26 Å². The smallest absolute Gasteiger partial charge is 0.407 e. The molecule has 1 amide bonds. The molecular formula is C25H22N2O4. The van der Waals surface area contributed by atoms with Crippen LogP contribution in [0.15, 0.2) is 72.8 Å². The van der Waals surface area contributed by atoms with Gasteiger partial charge in [0.2, 0.25) is 0 Å². The molecule has 0 heterocycles. The third-order valence-electron chi connectivity index (χ3n) is 5.52. The summed E-state index contributed by atoms with van der Waals surface area (Å²) in [5.74, 6) is -0.0533. The zero-order valence-electron chi connectivity index (χ0n) is 16.7. The van der Waals surface area contributed by atoms with Crippen molar-refractivity contribution in [1.29, 1.82) is 5.26 Å². The molecule has 1 aliphatic rings. The summed E-state index contributed by atoms with van der Waals surface area (Å²) < 4.78 is 5.43. The topological polar surface area (TPSA) is 103 Å². The van der Waals surface area contributed by atoms with Crippen molar-refractivity contribution in [3.8, 4) is 17.2 Å². The predicted molar refractivity (Wildman–Crippen MR) is 115 cm³/mol. The van der Waals surface area contributed by atoms with Crippen molar-refractivity contribution in [3.63, 3.8) is 0 Å². The molecule has 2 atom stereocenters. The summed E-state index contributed by atoms with van der Waals surface area (Å²) in [5, 5.41) is 32.0. The molecule has 0 saturated carbocycles. The average molecular weight is 414 g/mol. The van der Waals surface area contributed by atoms with Gasteiger partial charge in [-0.15, -0.1) is 0 Å². The average Bonchev–Trinajstić information content (AvgIpc) is 3.14. The van der Waals surface area contributed by atoms with Gasteiger partial charge in [-0.1, -0.05) is 60.7 Å². The molecule has 0 saturated heterocycles. The van der Waals surface area contributed by atoms with E-state index in [-0.39, 0.29) is 19.1 Å². The third kappa shape index (κ3) is 4.29. The number of carbonyl (C=O) groups is 1. The summed E-state index contributed by atoms with van der Waals surface area (Å²) in [6, 6.07) is 24.5. The van der Waals surface area contributed by atoms with Crippen molar-refractivity contribution in [2.45, 2.75) is 18.1 Å². The van der Waals surface area contributed by atoms with Crippen LogP contribution in [0.2, 0.25) is 0 Å². The number of aliphatic hydroxyl groups excluding tert-OH is 2. The van der Waals surface area contributed by atoms with E-state index in [2.05, 4.69) is 17.4 Å². The van der Waals surface area contributed by atoms with Gasteiger partial charge < -0.3 is 20.3 Å². The first-order valence-electron chi connectivity index (χ1n) is 10.0. The molecule has 0 aromatic heterocycles. The number of hydrogen-bond acceptors (Lipinski definition) is 5. The standard InChI is InChI=1S/C25H22N2O4/c26-13-16-6-5-7-17(12-16)24(29)23(28)14-27-25(30)31-15-22-20-10-3-1-8-18(20)19-9-2-4-11-21(19)22/h1-12,22-24,28-29H,14-15H2,(H,27,30). The van der Waals surface area contributed by atoms with Crippen LogP contribution in [0.3, 0.4) is 0 Å². The van der Waals surface area contributed by atoms with Crippen molar-refractivity contribution in [2.24, 2.45) is 0 Å². The lowest BCUT2D eigenvalue weighted by molar-refractivity contribution is 0.0185. The Morgan fingerprint density at radius 1 is 1.00 bits per heavy atom. The number of ether oxygens (including phenoxy) is 1. The van der Waals surface area contributed by atoms with Crippen LogP contribution in [-0.2, 0) is 4.74 Å². The highest BCUT2D eigenvalue weighted by molar-refractivity contribution is 5.79. The van der Waals surface area contributed by atoms with Gasteiger partial charge in [-0.3, -0.25) is 0 Å². The zero-order chi connectivity index (χ0) is 21.8. The molecule has 2 unspecified atom stereocenters. The van der Waals surface area contributed by atoms with E-state index >= 15 is 0 Å². The Kier molecular flexibility index (Phi) is 5.99. The molecule has 1 aliphatic carbocycles. The van der Waals surface area contributed by atoms with Crippen LogP contribution in [0.1, 0.15) is 34.3 Å². The van der Waals surface area contributed by atoms with Gasteiger partial charge in [-0.05, 0) is 39.9 Å². The minimum atomic E-state index is -1.24. The molecule has 31 heavy (non-hydrogen) atoms. The van der Waals surface area contributed by atoms with Crippen LogP contribution in [0.5, 0.6) is 0 Å². The van der Waals surface area contributed by atoms with Crippen LogP contribution in [0, 0.1) is 11.3 Å². The van der Waals surface area contributed by atoms with E-state index < -0.39 is 18.3 Å². The van der Waals surface area contributed by atoms with E-state index in [9.17, 15) is 15.0 Å². The van der Waals surface area contributed by atoms with Gasteiger partial charge >= 0.3 is 6.09 Å². The van der Waals surface area contributed by atoms with E-state index in [0.29, 0.717) is 11.1 Å². The Hall–Kier alpha value is -3.66. The van der Waals surface area contributed by atoms with Crippen LogP contribution in [-0.4, -0.2) is 35.6 Å². The highest BCUT2D eigenvalue weighted by Crippen LogP contribution is 2.44. The summed E-state index contributed by atoms with van der Waals surface area (Å²) >= 11 is 0. The third-order valence-corrected chi connectivity index (χ3v) is 5.52. The molecule has 3 aromatic rings. The summed E-state index contributed by atoms with van der Waals surface area (Å²) in [4.78, 5) is 12.2. The van der Waals surface area contributed by atoms with Gasteiger partial charge in [-0.25, -0.2) is 4.79 Å². The van der Waals surface area contributed by atoms with Crippen molar-refractivity contribution in [2.75, 3.05) is 13.2 Å². The number of amides is 1. The number of carbonyl (C=O) groups excluding carboxylic acids is 1. The van der Waals surface area contributed by atoms with Gasteiger partial charge in [0.25, 0.3) is 0 Å². The molecule has 156 valence electrons. The second kappa shape index (κ2) is 9.00. The maximum absolute atomic E-state index is 12.2. The Labute approximate surface area is 180 Å². The number of aliphatic hydroxyl groups is 2. The molecule has 3 aromatic carbocycles. The number of benzene rings is 3. The Balaban J connectivity index is 1.34. The lowest BCUT2D eigenvalue weighted by Gasteiger charge is -2.19. The largest absolute Gasteiger partial charge is 0.449 e. The number of fused-ring (bicyclic) bond motifs is 3. The Morgan fingerprint density at radius 3 is 2.29 bits per heavy atom. The normalized spacial score (nSPS) is 14.1. The van der Waals surface area contributed by atoms with Gasteiger partial charge in [0, 0.05) is 12.5 Å². The van der Waals surface area contributed by atoms with Gasteiger partial charge in [0.15, 0.2) is 0 Å². The maximum atomic E-state index is 12.2. The van der Waals surface area contributed by atoms with Crippen molar-refractivity contribution < 1.29 is 19.7 Å². The first-order chi connectivity index (χ1) is 15.1. The van der Waals surface area contributed by atoms with Crippen LogP contribution in [0.4, 0.5) is 4.79 Å². The van der Waals surface area contributed by atoms with Crippen LogP contribution >= 0.6 is 0 Å². The van der Waals surface area contributed by atoms with Gasteiger partial charge in [0.1, 0.15) is 18.8 Å². The summed E-state index contributed by atoms with van der Waals surface area (Å²) in [6.45, 7) is -0.0165. The number of hydrogen-bond donors (Lipinski definition) is 3. The van der Waals surface area contributed by atoms with E-state index in [1.54, 1.807) is 18.2 Å². The summed E-state index contributed by atoms with van der Waals surface area (Å²) in [7, 11) is 0. The van der Waals surface area contributed by atoms with Crippen LogP contribution in [0.25, 0.3) is 11.1 Å². The first-order valence-corrected chi connectivity index (χ1v) is 10.0. The predicted octanol–water partition coefficient (Wildman–Crippen LogP) is 3.49. The first kappa shape index (κ1) is 20.6. The molecule has 4 rings (SSSR count). The SMILES string of the molecule is N#Cc1cccc(C(O)C(O)CNC(=O)OCC2c3ccccc3-c3ccccc32)c1. The molecule has 3 N–H and O–H groups in total. The zero-order valence-corrected chi connectivity index (χ0v) is 16.7. The summed E-state index contributed by atoms with van der Waals surface area (Å²) in [5.41, 5.74) is 5.30. The minimum absolute atomic E-state index is 0.0533. The Bertz CT molecular complexity index is 1090.